The zero-order valence-electron chi connectivity index (χ0n) is 12.4. The van der Waals surface area contributed by atoms with E-state index in [-0.39, 0.29) is 11.8 Å². The fourth-order valence-electron chi connectivity index (χ4n) is 1.74. The first-order valence-corrected chi connectivity index (χ1v) is 8.59. The van der Waals surface area contributed by atoms with Crippen LogP contribution in [0.15, 0.2) is 34.5 Å². The number of benzene rings is 1. The molecule has 0 unspecified atom stereocenters. The Bertz CT molecular complexity index is 612. The lowest BCUT2D eigenvalue weighted by Crippen LogP contribution is -2.11. The normalized spacial score (nSPS) is 11.6. The quantitative estimate of drug-likeness (QED) is 0.831. The molecule has 0 saturated carbocycles. The first kappa shape index (κ1) is 16.0. The predicted molar refractivity (Wildman–Crippen MR) is 88.2 cm³/mol. The fourth-order valence-corrected chi connectivity index (χ4v) is 3.68. The van der Waals surface area contributed by atoms with Gasteiger partial charge >= 0.3 is 5.97 Å². The summed E-state index contributed by atoms with van der Waals surface area (Å²) in [7, 11) is 0. The van der Waals surface area contributed by atoms with Gasteiger partial charge in [0.25, 0.3) is 0 Å². The molecular weight excluding hydrogens is 302 g/mol. The molecule has 112 valence electrons. The second kappa shape index (κ2) is 6.62. The zero-order chi connectivity index (χ0) is 15.5. The van der Waals surface area contributed by atoms with Gasteiger partial charge in [0.1, 0.15) is 5.01 Å². The minimum Gasteiger partial charge on any atom is -0.481 e. The lowest BCUT2D eigenvalue weighted by atomic mass is 9.93. The van der Waals surface area contributed by atoms with E-state index in [1.165, 1.54) is 0 Å². The maximum absolute atomic E-state index is 10.6. The molecule has 0 aliphatic carbocycles. The topological polar surface area (TPSA) is 50.2 Å². The molecule has 21 heavy (non-hydrogen) atoms. The van der Waals surface area contributed by atoms with Crippen molar-refractivity contribution in [3.05, 3.63) is 45.9 Å². The zero-order valence-corrected chi connectivity index (χ0v) is 14.1. The molecule has 0 amide bonds. The number of hydrogen-bond donors (Lipinski definition) is 1. The van der Waals surface area contributed by atoms with Crippen LogP contribution in [0.25, 0.3) is 0 Å². The minimum atomic E-state index is -0.798. The summed E-state index contributed by atoms with van der Waals surface area (Å²) in [6.45, 7) is 6.50. The van der Waals surface area contributed by atoms with Gasteiger partial charge in [-0.05, 0) is 17.7 Å². The Hall–Kier alpha value is -1.33. The molecule has 0 aliphatic heterocycles. The number of nitrogens with zero attached hydrogens (tertiary/aromatic N) is 1. The van der Waals surface area contributed by atoms with Gasteiger partial charge < -0.3 is 5.11 Å². The molecule has 0 fully saturated rings. The van der Waals surface area contributed by atoms with E-state index in [0.29, 0.717) is 0 Å². The van der Waals surface area contributed by atoms with Crippen molar-refractivity contribution in [2.75, 3.05) is 0 Å². The van der Waals surface area contributed by atoms with Crippen LogP contribution >= 0.6 is 23.1 Å². The lowest BCUT2D eigenvalue weighted by Gasteiger charge is -2.14. The van der Waals surface area contributed by atoms with E-state index in [9.17, 15) is 4.79 Å². The summed E-state index contributed by atoms with van der Waals surface area (Å²) in [6.07, 6.45) is 0.0758. The third kappa shape index (κ3) is 4.86. The summed E-state index contributed by atoms with van der Waals surface area (Å²) in [5.41, 5.74) is 2.06. The molecule has 1 heterocycles. The van der Waals surface area contributed by atoms with Crippen molar-refractivity contribution in [2.24, 2.45) is 0 Å². The summed E-state index contributed by atoms with van der Waals surface area (Å²) in [5, 5.41) is 12.0. The van der Waals surface area contributed by atoms with E-state index in [1.54, 1.807) is 23.1 Å². The molecule has 0 spiro atoms. The Morgan fingerprint density at radius 2 is 1.95 bits per heavy atom. The van der Waals surface area contributed by atoms with Crippen molar-refractivity contribution in [3.63, 3.8) is 0 Å². The van der Waals surface area contributed by atoms with Crippen LogP contribution in [0.2, 0.25) is 0 Å². The van der Waals surface area contributed by atoms with Gasteiger partial charge in [-0.25, -0.2) is 4.98 Å². The highest BCUT2D eigenvalue weighted by Crippen LogP contribution is 2.28. The maximum Gasteiger partial charge on any atom is 0.307 e. The third-order valence-corrected chi connectivity index (χ3v) is 5.02. The predicted octanol–water partition coefficient (Wildman–Crippen LogP) is 4.36. The van der Waals surface area contributed by atoms with Gasteiger partial charge in [-0.1, -0.05) is 32.9 Å². The highest BCUT2D eigenvalue weighted by Gasteiger charge is 2.17. The lowest BCUT2D eigenvalue weighted by molar-refractivity contribution is -0.136. The monoisotopic (exact) mass is 321 g/mol. The Morgan fingerprint density at radius 1 is 1.29 bits per heavy atom. The Balaban J connectivity index is 1.94. The number of carboxylic acid groups (broad SMARTS) is 1. The maximum atomic E-state index is 10.6. The molecule has 3 nitrogen and oxygen atoms in total. The second-order valence-corrected chi connectivity index (χ2v) is 7.87. The number of aromatic nitrogens is 1. The molecule has 0 saturated heterocycles. The molecule has 0 aliphatic rings. The SMILES string of the molecule is CC(C)(C)c1csc(CSc2ccc(CC(=O)O)cc2)n1. The largest absolute Gasteiger partial charge is 0.481 e. The van der Waals surface area contributed by atoms with E-state index >= 15 is 0 Å². The van der Waals surface area contributed by atoms with Crippen LogP contribution in [-0.4, -0.2) is 16.1 Å². The molecule has 1 N–H and O–H groups in total. The number of rotatable bonds is 5. The van der Waals surface area contributed by atoms with Gasteiger partial charge in [0.05, 0.1) is 17.9 Å². The fraction of sp³-hybridized carbons (Fsp3) is 0.375. The minimum absolute atomic E-state index is 0.0758. The van der Waals surface area contributed by atoms with Gasteiger partial charge in [-0.15, -0.1) is 23.1 Å². The van der Waals surface area contributed by atoms with E-state index in [0.717, 1.165) is 26.9 Å². The Labute approximate surface area is 133 Å². The molecule has 0 radical (unpaired) electrons. The summed E-state index contributed by atoms with van der Waals surface area (Å²) in [4.78, 5) is 16.4. The number of thiazole rings is 1. The summed E-state index contributed by atoms with van der Waals surface area (Å²) in [5.74, 6) is 0.0480. The van der Waals surface area contributed by atoms with Crippen molar-refractivity contribution < 1.29 is 9.90 Å². The Kier molecular flexibility index (Phi) is 5.06. The molecule has 2 aromatic rings. The molecule has 5 heteroatoms. The van der Waals surface area contributed by atoms with Crippen LogP contribution in [0.3, 0.4) is 0 Å². The summed E-state index contributed by atoms with van der Waals surface area (Å²) >= 11 is 3.42. The van der Waals surface area contributed by atoms with Crippen molar-refractivity contribution in [2.45, 2.75) is 43.3 Å². The first-order valence-electron chi connectivity index (χ1n) is 6.73. The summed E-state index contributed by atoms with van der Waals surface area (Å²) in [6, 6.07) is 7.69. The highest BCUT2D eigenvalue weighted by molar-refractivity contribution is 7.98. The number of thioether (sulfide) groups is 1. The highest BCUT2D eigenvalue weighted by atomic mass is 32.2. The summed E-state index contributed by atoms with van der Waals surface area (Å²) < 4.78 is 0. The van der Waals surface area contributed by atoms with Gasteiger partial charge in [0.2, 0.25) is 0 Å². The van der Waals surface area contributed by atoms with Gasteiger partial charge in [-0.2, -0.15) is 0 Å². The van der Waals surface area contributed by atoms with Gasteiger partial charge in [0, 0.05) is 15.7 Å². The number of carbonyl (C=O) groups is 1. The average Bonchev–Trinajstić information content (AvgIpc) is 2.86. The average molecular weight is 321 g/mol. The second-order valence-electron chi connectivity index (χ2n) is 5.88. The molecular formula is C16H19NO2S2. The van der Waals surface area contributed by atoms with Crippen molar-refractivity contribution >= 4 is 29.1 Å². The molecule has 2 rings (SSSR count). The smallest absolute Gasteiger partial charge is 0.307 e. The van der Waals surface area contributed by atoms with Crippen LogP contribution < -0.4 is 0 Å². The van der Waals surface area contributed by atoms with Crippen LogP contribution in [0, 0.1) is 0 Å². The number of hydrogen-bond acceptors (Lipinski definition) is 4. The van der Waals surface area contributed by atoms with Crippen molar-refractivity contribution in [3.8, 4) is 0 Å². The van der Waals surface area contributed by atoms with Gasteiger partial charge in [0.15, 0.2) is 0 Å². The molecule has 1 aromatic carbocycles. The van der Waals surface area contributed by atoms with Crippen LogP contribution in [0.5, 0.6) is 0 Å². The molecule has 0 bridgehead atoms. The number of carboxylic acids is 1. The molecule has 1 aromatic heterocycles. The standard InChI is InChI=1S/C16H19NO2S2/c1-16(2,3)13-9-21-14(17-13)10-20-12-6-4-11(5-7-12)8-15(18)19/h4-7,9H,8,10H2,1-3H3,(H,18,19). The van der Waals surface area contributed by atoms with E-state index in [2.05, 4.69) is 31.1 Å². The third-order valence-electron chi connectivity index (χ3n) is 2.96. The Morgan fingerprint density at radius 3 is 2.48 bits per heavy atom. The number of aliphatic carboxylic acids is 1. The molecule has 0 atom stereocenters. The van der Waals surface area contributed by atoms with E-state index < -0.39 is 5.97 Å². The first-order chi connectivity index (χ1) is 9.84. The van der Waals surface area contributed by atoms with E-state index in [1.807, 2.05) is 24.3 Å². The van der Waals surface area contributed by atoms with Crippen LogP contribution in [-0.2, 0) is 22.4 Å². The van der Waals surface area contributed by atoms with Crippen molar-refractivity contribution in [1.82, 2.24) is 4.98 Å². The van der Waals surface area contributed by atoms with E-state index in [4.69, 9.17) is 5.11 Å². The van der Waals surface area contributed by atoms with Crippen LogP contribution in [0.4, 0.5) is 0 Å². The van der Waals surface area contributed by atoms with Crippen molar-refractivity contribution in [1.29, 1.82) is 0 Å². The van der Waals surface area contributed by atoms with Gasteiger partial charge in [-0.3, -0.25) is 4.79 Å². The van der Waals surface area contributed by atoms with Crippen LogP contribution in [0.1, 0.15) is 37.0 Å².